The van der Waals surface area contributed by atoms with Gasteiger partial charge in [-0.2, -0.15) is 0 Å². The number of rotatable bonds is 6. The maximum atomic E-state index is 10.6. The number of carboxylic acids is 1. The monoisotopic (exact) mass is 362 g/mol. The first-order chi connectivity index (χ1) is 10.5. The van der Waals surface area contributed by atoms with Crippen molar-refractivity contribution in [2.45, 2.75) is 32.6 Å². The van der Waals surface area contributed by atoms with Gasteiger partial charge in [0.15, 0.2) is 0 Å². The molecule has 0 saturated carbocycles. The second-order valence-electron chi connectivity index (χ2n) is 5.37. The van der Waals surface area contributed by atoms with Crippen LogP contribution in [0.2, 0.25) is 0 Å². The van der Waals surface area contributed by atoms with Gasteiger partial charge in [-0.05, 0) is 49.1 Å². The third-order valence-electron chi connectivity index (χ3n) is 3.69. The summed E-state index contributed by atoms with van der Waals surface area (Å²) in [6, 6.07) is 13.7. The molecule has 3 nitrogen and oxygen atoms in total. The molecule has 0 radical (unpaired) electrons. The Morgan fingerprint density at radius 3 is 2.55 bits per heavy atom. The number of ether oxygens (including phenoxy) is 1. The van der Waals surface area contributed by atoms with Crippen LogP contribution in [0.25, 0.3) is 0 Å². The second-order valence-corrected chi connectivity index (χ2v) is 6.22. The van der Waals surface area contributed by atoms with Crippen molar-refractivity contribution in [3.63, 3.8) is 0 Å². The summed E-state index contributed by atoms with van der Waals surface area (Å²) in [6.45, 7) is 4.04. The summed E-state index contributed by atoms with van der Waals surface area (Å²) in [5, 5.41) is 8.74. The first-order valence-corrected chi connectivity index (χ1v) is 8.01. The minimum Gasteiger partial charge on any atom is -0.481 e. The van der Waals surface area contributed by atoms with Gasteiger partial charge in [-0.1, -0.05) is 41.1 Å². The van der Waals surface area contributed by atoms with Gasteiger partial charge in [0.2, 0.25) is 0 Å². The van der Waals surface area contributed by atoms with E-state index in [1.165, 1.54) is 0 Å². The summed E-state index contributed by atoms with van der Waals surface area (Å²) in [5.74, 6) is 1.06. The van der Waals surface area contributed by atoms with E-state index in [0.717, 1.165) is 27.1 Å². The Morgan fingerprint density at radius 1 is 1.23 bits per heavy atom. The number of hydrogen-bond acceptors (Lipinski definition) is 2. The Hall–Kier alpha value is -1.81. The Balaban J connectivity index is 2.05. The zero-order valence-corrected chi connectivity index (χ0v) is 14.3. The van der Waals surface area contributed by atoms with Gasteiger partial charge in [0.25, 0.3) is 0 Å². The van der Waals surface area contributed by atoms with Gasteiger partial charge < -0.3 is 9.84 Å². The van der Waals surface area contributed by atoms with Crippen LogP contribution in [-0.2, 0) is 4.79 Å². The molecule has 1 N–H and O–H groups in total. The highest BCUT2D eigenvalue weighted by Gasteiger charge is 2.09. The van der Waals surface area contributed by atoms with Crippen LogP contribution in [-0.4, -0.2) is 11.1 Å². The fraction of sp³-hybridized carbons (Fsp3) is 0.278. The van der Waals surface area contributed by atoms with Crippen LogP contribution in [0, 0.1) is 6.92 Å². The van der Waals surface area contributed by atoms with Crippen molar-refractivity contribution in [1.82, 2.24) is 0 Å². The average molecular weight is 363 g/mol. The van der Waals surface area contributed by atoms with Crippen molar-refractivity contribution in [3.05, 3.63) is 58.1 Å². The molecule has 0 amide bonds. The summed E-state index contributed by atoms with van der Waals surface area (Å²) in [4.78, 5) is 10.6. The van der Waals surface area contributed by atoms with E-state index in [4.69, 9.17) is 9.84 Å². The summed E-state index contributed by atoms with van der Waals surface area (Å²) < 4.78 is 6.92. The molecule has 0 aliphatic carbocycles. The highest BCUT2D eigenvalue weighted by Crippen LogP contribution is 2.31. The summed E-state index contributed by atoms with van der Waals surface area (Å²) in [6.07, 6.45) is 0.830. The van der Waals surface area contributed by atoms with Crippen LogP contribution in [0.3, 0.4) is 0 Å². The first kappa shape index (κ1) is 16.6. The lowest BCUT2D eigenvalue weighted by molar-refractivity contribution is -0.137. The number of halogens is 1. The molecular formula is C18H19BrO3. The van der Waals surface area contributed by atoms with E-state index in [1.807, 2.05) is 56.3 Å². The fourth-order valence-electron chi connectivity index (χ4n) is 2.20. The molecule has 0 unspecified atom stereocenters. The van der Waals surface area contributed by atoms with Crippen molar-refractivity contribution in [2.75, 3.05) is 0 Å². The van der Waals surface area contributed by atoms with Crippen LogP contribution in [0.4, 0.5) is 0 Å². The number of carboxylic acid groups (broad SMARTS) is 1. The minimum absolute atomic E-state index is 0.191. The molecule has 1 atom stereocenters. The molecule has 22 heavy (non-hydrogen) atoms. The van der Waals surface area contributed by atoms with Crippen molar-refractivity contribution in [2.24, 2.45) is 0 Å². The first-order valence-electron chi connectivity index (χ1n) is 7.22. The molecule has 0 spiro atoms. The highest BCUT2D eigenvalue weighted by molar-refractivity contribution is 9.10. The lowest BCUT2D eigenvalue weighted by atomic mass is 9.96. The Morgan fingerprint density at radius 2 is 1.91 bits per heavy atom. The molecular weight excluding hydrogens is 344 g/mol. The van der Waals surface area contributed by atoms with Crippen molar-refractivity contribution in [3.8, 4) is 11.5 Å². The van der Waals surface area contributed by atoms with Crippen LogP contribution >= 0.6 is 15.9 Å². The van der Waals surface area contributed by atoms with Crippen molar-refractivity contribution >= 4 is 21.9 Å². The Bertz CT molecular complexity index is 650. The summed E-state index contributed by atoms with van der Waals surface area (Å²) in [5.41, 5.74) is 2.18. The van der Waals surface area contributed by atoms with Gasteiger partial charge in [-0.3, -0.25) is 4.79 Å². The largest absolute Gasteiger partial charge is 0.481 e. The molecule has 0 fully saturated rings. The molecule has 0 aliphatic rings. The molecule has 2 aromatic carbocycles. The van der Waals surface area contributed by atoms with Crippen LogP contribution in [0.15, 0.2) is 46.9 Å². The second kappa shape index (κ2) is 7.45. The van der Waals surface area contributed by atoms with Crippen LogP contribution in [0.1, 0.15) is 36.8 Å². The molecule has 2 aromatic rings. The minimum atomic E-state index is -0.753. The standard InChI is InChI=1S/C18H19BrO3/c1-12(6-11-18(20)21)14-7-9-15(10-8-14)22-17-5-3-4-16(19)13(17)2/h3-5,7-10,12H,6,11H2,1-2H3,(H,20,21)/t12-/m1/s1. The van der Waals surface area contributed by atoms with E-state index in [1.54, 1.807) is 0 Å². The summed E-state index contributed by atoms with van der Waals surface area (Å²) in [7, 11) is 0. The highest BCUT2D eigenvalue weighted by atomic mass is 79.9. The van der Waals surface area contributed by atoms with Crippen LogP contribution < -0.4 is 4.74 Å². The molecule has 0 aromatic heterocycles. The van der Waals surface area contributed by atoms with E-state index in [-0.39, 0.29) is 12.3 Å². The SMILES string of the molecule is Cc1c(Br)cccc1Oc1ccc([C@H](C)CCC(=O)O)cc1. The fourth-order valence-corrected chi connectivity index (χ4v) is 2.54. The van der Waals surface area contributed by atoms with Gasteiger partial charge >= 0.3 is 5.97 Å². The third-order valence-corrected chi connectivity index (χ3v) is 4.55. The lowest BCUT2D eigenvalue weighted by Crippen LogP contribution is -2.00. The topological polar surface area (TPSA) is 46.5 Å². The summed E-state index contributed by atoms with van der Waals surface area (Å²) >= 11 is 3.49. The lowest BCUT2D eigenvalue weighted by Gasteiger charge is -2.13. The van der Waals surface area contributed by atoms with E-state index in [2.05, 4.69) is 15.9 Å². The zero-order valence-electron chi connectivity index (χ0n) is 12.7. The van der Waals surface area contributed by atoms with Crippen molar-refractivity contribution < 1.29 is 14.6 Å². The average Bonchev–Trinajstić information content (AvgIpc) is 2.50. The van der Waals surface area contributed by atoms with Gasteiger partial charge in [-0.25, -0.2) is 0 Å². The maximum Gasteiger partial charge on any atom is 0.303 e. The zero-order chi connectivity index (χ0) is 16.1. The normalized spacial score (nSPS) is 12.0. The number of aliphatic carboxylic acids is 1. The van der Waals surface area contributed by atoms with E-state index < -0.39 is 5.97 Å². The Kier molecular flexibility index (Phi) is 5.61. The van der Waals surface area contributed by atoms with Crippen molar-refractivity contribution in [1.29, 1.82) is 0 Å². The van der Waals surface area contributed by atoms with E-state index in [0.29, 0.717) is 6.42 Å². The quantitative estimate of drug-likeness (QED) is 0.735. The maximum absolute atomic E-state index is 10.6. The molecule has 2 rings (SSSR count). The molecule has 4 heteroatoms. The van der Waals surface area contributed by atoms with Gasteiger partial charge in [0.1, 0.15) is 11.5 Å². The van der Waals surface area contributed by atoms with E-state index in [9.17, 15) is 4.79 Å². The molecule has 0 saturated heterocycles. The van der Waals surface area contributed by atoms with Gasteiger partial charge in [0.05, 0.1) is 0 Å². The number of hydrogen-bond donors (Lipinski definition) is 1. The molecule has 0 heterocycles. The molecule has 116 valence electrons. The predicted molar refractivity (Wildman–Crippen MR) is 90.7 cm³/mol. The predicted octanol–water partition coefficient (Wildman–Crippen LogP) is 5.52. The number of benzene rings is 2. The number of carbonyl (C=O) groups is 1. The van der Waals surface area contributed by atoms with Crippen LogP contribution in [0.5, 0.6) is 11.5 Å². The third kappa shape index (κ3) is 4.34. The van der Waals surface area contributed by atoms with Gasteiger partial charge in [-0.15, -0.1) is 0 Å². The molecule has 0 bridgehead atoms. The smallest absolute Gasteiger partial charge is 0.303 e. The Labute approximate surface area is 139 Å². The van der Waals surface area contributed by atoms with Gasteiger partial charge in [0, 0.05) is 16.5 Å². The van der Waals surface area contributed by atoms with E-state index >= 15 is 0 Å². The molecule has 0 aliphatic heterocycles.